The van der Waals surface area contributed by atoms with Gasteiger partial charge in [0.1, 0.15) is 0 Å². The lowest BCUT2D eigenvalue weighted by molar-refractivity contribution is -0.115. The van der Waals surface area contributed by atoms with Gasteiger partial charge in [-0.25, -0.2) is 4.98 Å². The number of nitrogens with zero attached hydrogens (tertiary/aromatic N) is 1. The molecule has 4 nitrogen and oxygen atoms in total. The van der Waals surface area contributed by atoms with Crippen LogP contribution in [0.4, 0.5) is 16.5 Å². The van der Waals surface area contributed by atoms with E-state index in [1.165, 1.54) is 11.3 Å². The minimum Gasteiger partial charge on any atom is -0.331 e. The molecule has 122 valence electrons. The third-order valence-electron chi connectivity index (χ3n) is 3.08. The van der Waals surface area contributed by atoms with E-state index in [-0.39, 0.29) is 12.3 Å². The molecule has 3 aromatic rings. The van der Waals surface area contributed by atoms with Crippen molar-refractivity contribution in [2.24, 2.45) is 0 Å². The molecule has 2 aromatic carbocycles. The lowest BCUT2D eigenvalue weighted by Crippen LogP contribution is -2.14. The fourth-order valence-electron chi connectivity index (χ4n) is 2.07. The second kappa shape index (κ2) is 7.66. The number of halogens is 2. The molecule has 0 saturated carbocycles. The Morgan fingerprint density at radius 1 is 1.04 bits per heavy atom. The minimum atomic E-state index is -0.142. The second-order valence-corrected chi connectivity index (χ2v) is 6.75. The summed E-state index contributed by atoms with van der Waals surface area (Å²) in [6, 6.07) is 14.4. The van der Waals surface area contributed by atoms with Gasteiger partial charge in [-0.3, -0.25) is 4.79 Å². The highest BCUT2D eigenvalue weighted by Crippen LogP contribution is 2.23. The van der Waals surface area contributed by atoms with Gasteiger partial charge in [-0.1, -0.05) is 35.3 Å². The Kier molecular flexibility index (Phi) is 5.35. The number of aromatic nitrogens is 1. The van der Waals surface area contributed by atoms with Crippen LogP contribution in [0.1, 0.15) is 5.69 Å². The van der Waals surface area contributed by atoms with Gasteiger partial charge in [-0.15, -0.1) is 11.3 Å². The van der Waals surface area contributed by atoms with Crippen LogP contribution in [0.15, 0.2) is 53.9 Å². The van der Waals surface area contributed by atoms with Gasteiger partial charge in [0, 0.05) is 26.8 Å². The average molecular weight is 378 g/mol. The predicted molar refractivity (Wildman–Crippen MR) is 101 cm³/mol. The van der Waals surface area contributed by atoms with Crippen molar-refractivity contribution < 1.29 is 4.79 Å². The Labute approximate surface area is 153 Å². The van der Waals surface area contributed by atoms with Crippen LogP contribution in [0, 0.1) is 0 Å². The Morgan fingerprint density at radius 3 is 2.42 bits per heavy atom. The van der Waals surface area contributed by atoms with Crippen molar-refractivity contribution in [1.82, 2.24) is 4.98 Å². The average Bonchev–Trinajstić information content (AvgIpc) is 2.94. The topological polar surface area (TPSA) is 54.0 Å². The smallest absolute Gasteiger partial charge is 0.230 e. The van der Waals surface area contributed by atoms with E-state index in [2.05, 4.69) is 15.6 Å². The summed E-state index contributed by atoms with van der Waals surface area (Å²) in [6.45, 7) is 0. The Bertz CT molecular complexity index is 866. The van der Waals surface area contributed by atoms with Gasteiger partial charge in [0.2, 0.25) is 5.91 Å². The molecule has 7 heteroatoms. The first-order valence-corrected chi connectivity index (χ1v) is 8.74. The number of carbonyl (C=O) groups is 1. The van der Waals surface area contributed by atoms with Crippen molar-refractivity contribution in [1.29, 1.82) is 0 Å². The van der Waals surface area contributed by atoms with E-state index < -0.39 is 0 Å². The van der Waals surface area contributed by atoms with Gasteiger partial charge in [0.05, 0.1) is 12.1 Å². The fraction of sp³-hybridized carbons (Fsp3) is 0.0588. The number of hydrogen-bond donors (Lipinski definition) is 2. The number of benzene rings is 2. The minimum absolute atomic E-state index is 0.142. The molecule has 0 bridgehead atoms. The third-order valence-corrected chi connectivity index (χ3v) is 4.35. The Hall–Kier alpha value is -2.08. The highest BCUT2D eigenvalue weighted by atomic mass is 35.5. The van der Waals surface area contributed by atoms with Crippen molar-refractivity contribution in [3.8, 4) is 0 Å². The quantitative estimate of drug-likeness (QED) is 0.627. The molecule has 0 spiro atoms. The first kappa shape index (κ1) is 16.8. The molecule has 0 aliphatic rings. The van der Waals surface area contributed by atoms with Gasteiger partial charge in [-0.05, 0) is 36.4 Å². The summed E-state index contributed by atoms with van der Waals surface area (Å²) >= 11 is 13.3. The number of amides is 1. The van der Waals surface area contributed by atoms with Crippen LogP contribution >= 0.6 is 34.5 Å². The standard InChI is InChI=1S/C17H13Cl2N3OS/c18-11-3-1-5-13(7-11)20-16(23)9-15-10-24-17(22-15)21-14-6-2-4-12(19)8-14/h1-8,10H,9H2,(H,20,23)(H,21,22). The van der Waals surface area contributed by atoms with Crippen LogP contribution in [0.3, 0.4) is 0 Å². The van der Waals surface area contributed by atoms with Crippen molar-refractivity contribution in [3.05, 3.63) is 69.7 Å². The molecule has 1 amide bonds. The van der Waals surface area contributed by atoms with E-state index in [0.29, 0.717) is 26.6 Å². The maximum absolute atomic E-state index is 12.1. The summed E-state index contributed by atoms with van der Waals surface area (Å²) in [5, 5.41) is 9.76. The van der Waals surface area contributed by atoms with E-state index in [0.717, 1.165) is 5.69 Å². The molecule has 1 heterocycles. The maximum Gasteiger partial charge on any atom is 0.230 e. The van der Waals surface area contributed by atoms with Crippen LogP contribution in [-0.2, 0) is 11.2 Å². The molecular weight excluding hydrogens is 365 g/mol. The molecule has 0 radical (unpaired) electrons. The SMILES string of the molecule is O=C(Cc1csc(Nc2cccc(Cl)c2)n1)Nc1cccc(Cl)c1. The molecule has 1 aromatic heterocycles. The Balaban J connectivity index is 1.60. The van der Waals surface area contributed by atoms with Crippen LogP contribution in [-0.4, -0.2) is 10.9 Å². The van der Waals surface area contributed by atoms with Crippen LogP contribution in [0.5, 0.6) is 0 Å². The lowest BCUT2D eigenvalue weighted by Gasteiger charge is -2.04. The zero-order valence-electron chi connectivity index (χ0n) is 12.4. The zero-order valence-corrected chi connectivity index (χ0v) is 14.8. The normalized spacial score (nSPS) is 10.4. The van der Waals surface area contributed by atoms with Crippen molar-refractivity contribution >= 4 is 57.0 Å². The van der Waals surface area contributed by atoms with E-state index >= 15 is 0 Å². The van der Waals surface area contributed by atoms with Gasteiger partial charge >= 0.3 is 0 Å². The number of carbonyl (C=O) groups excluding carboxylic acids is 1. The van der Waals surface area contributed by atoms with Crippen molar-refractivity contribution in [2.45, 2.75) is 6.42 Å². The van der Waals surface area contributed by atoms with E-state index in [1.54, 1.807) is 30.3 Å². The number of thiazole rings is 1. The molecule has 0 aliphatic heterocycles. The summed E-state index contributed by atoms with van der Waals surface area (Å²) in [4.78, 5) is 16.5. The maximum atomic E-state index is 12.1. The van der Waals surface area contributed by atoms with E-state index in [9.17, 15) is 4.79 Å². The highest BCUT2D eigenvalue weighted by Gasteiger charge is 2.09. The lowest BCUT2D eigenvalue weighted by atomic mass is 10.3. The second-order valence-electron chi connectivity index (χ2n) is 5.01. The summed E-state index contributed by atoms with van der Waals surface area (Å²) < 4.78 is 0. The molecule has 2 N–H and O–H groups in total. The third kappa shape index (κ3) is 4.71. The molecular formula is C17H13Cl2N3OS. The molecule has 0 saturated heterocycles. The molecule has 0 atom stereocenters. The Morgan fingerprint density at radius 2 is 1.71 bits per heavy atom. The summed E-state index contributed by atoms with van der Waals surface area (Å²) in [6.07, 6.45) is 0.195. The summed E-state index contributed by atoms with van der Waals surface area (Å²) in [5.41, 5.74) is 2.22. The van der Waals surface area contributed by atoms with Gasteiger partial charge in [0.25, 0.3) is 0 Å². The molecule has 24 heavy (non-hydrogen) atoms. The number of nitrogens with one attached hydrogen (secondary N) is 2. The van der Waals surface area contributed by atoms with Crippen LogP contribution in [0.25, 0.3) is 0 Å². The van der Waals surface area contributed by atoms with Gasteiger partial charge < -0.3 is 10.6 Å². The summed E-state index contributed by atoms with van der Waals surface area (Å²) in [5.74, 6) is -0.142. The number of hydrogen-bond acceptors (Lipinski definition) is 4. The van der Waals surface area contributed by atoms with Gasteiger partial charge in [-0.2, -0.15) is 0 Å². The fourth-order valence-corrected chi connectivity index (χ4v) is 3.18. The molecule has 0 fully saturated rings. The van der Waals surface area contributed by atoms with E-state index in [1.807, 2.05) is 23.6 Å². The van der Waals surface area contributed by atoms with E-state index in [4.69, 9.17) is 23.2 Å². The molecule has 0 aliphatic carbocycles. The first-order chi connectivity index (χ1) is 11.6. The summed E-state index contributed by atoms with van der Waals surface area (Å²) in [7, 11) is 0. The first-order valence-electron chi connectivity index (χ1n) is 7.11. The molecule has 0 unspecified atom stereocenters. The largest absolute Gasteiger partial charge is 0.331 e. The van der Waals surface area contributed by atoms with Gasteiger partial charge in [0.15, 0.2) is 5.13 Å². The highest BCUT2D eigenvalue weighted by molar-refractivity contribution is 7.13. The van der Waals surface area contributed by atoms with Crippen molar-refractivity contribution in [2.75, 3.05) is 10.6 Å². The number of anilines is 3. The monoisotopic (exact) mass is 377 g/mol. The predicted octanol–water partition coefficient (Wildman–Crippen LogP) is 5.37. The zero-order chi connectivity index (χ0) is 16.9. The van der Waals surface area contributed by atoms with Crippen LogP contribution < -0.4 is 10.6 Å². The van der Waals surface area contributed by atoms with Crippen molar-refractivity contribution in [3.63, 3.8) is 0 Å². The van der Waals surface area contributed by atoms with Crippen LogP contribution in [0.2, 0.25) is 10.0 Å². The molecule has 3 rings (SSSR count). The number of rotatable bonds is 5.